The van der Waals surface area contributed by atoms with Gasteiger partial charge in [0.25, 0.3) is 0 Å². The van der Waals surface area contributed by atoms with Crippen molar-refractivity contribution >= 4 is 11.9 Å². The third-order valence-corrected chi connectivity index (χ3v) is 3.99. The Hall–Kier alpha value is -1.88. The summed E-state index contributed by atoms with van der Waals surface area (Å²) in [4.78, 5) is 23.1. The van der Waals surface area contributed by atoms with Gasteiger partial charge in [-0.15, -0.1) is 0 Å². The SMILES string of the molecule is CC1(C(=O)NCCc2cccc(C(=O)O)c2)CCCCN1. The van der Waals surface area contributed by atoms with Crippen molar-refractivity contribution in [1.29, 1.82) is 0 Å². The number of nitrogens with one attached hydrogen (secondary N) is 2. The van der Waals surface area contributed by atoms with Gasteiger partial charge in [-0.2, -0.15) is 0 Å². The lowest BCUT2D eigenvalue weighted by Gasteiger charge is -2.33. The molecular formula is C16H22N2O3. The molecule has 21 heavy (non-hydrogen) atoms. The smallest absolute Gasteiger partial charge is 0.335 e. The van der Waals surface area contributed by atoms with Crippen molar-refractivity contribution in [2.24, 2.45) is 0 Å². The van der Waals surface area contributed by atoms with E-state index in [2.05, 4.69) is 10.6 Å². The van der Waals surface area contributed by atoms with E-state index in [4.69, 9.17) is 5.11 Å². The maximum atomic E-state index is 12.2. The zero-order valence-electron chi connectivity index (χ0n) is 12.3. The van der Waals surface area contributed by atoms with Crippen molar-refractivity contribution < 1.29 is 14.7 Å². The minimum Gasteiger partial charge on any atom is -0.478 e. The summed E-state index contributed by atoms with van der Waals surface area (Å²) in [6.45, 7) is 3.33. The molecule has 0 bridgehead atoms. The van der Waals surface area contributed by atoms with E-state index >= 15 is 0 Å². The zero-order chi connectivity index (χ0) is 15.3. The minimum absolute atomic E-state index is 0.0246. The highest BCUT2D eigenvalue weighted by Crippen LogP contribution is 2.18. The molecule has 1 fully saturated rings. The van der Waals surface area contributed by atoms with Gasteiger partial charge < -0.3 is 15.7 Å². The fourth-order valence-electron chi connectivity index (χ4n) is 2.63. The number of hydrogen-bond acceptors (Lipinski definition) is 3. The number of amides is 1. The van der Waals surface area contributed by atoms with Gasteiger partial charge in [0.1, 0.15) is 0 Å². The average Bonchev–Trinajstić information content (AvgIpc) is 2.48. The normalized spacial score (nSPS) is 21.8. The molecule has 0 radical (unpaired) electrons. The van der Waals surface area contributed by atoms with Crippen molar-refractivity contribution in [2.75, 3.05) is 13.1 Å². The first-order valence-electron chi connectivity index (χ1n) is 7.37. The minimum atomic E-state index is -0.931. The lowest BCUT2D eigenvalue weighted by Crippen LogP contribution is -2.57. The van der Waals surface area contributed by atoms with Gasteiger partial charge in [-0.05, 0) is 56.8 Å². The predicted molar refractivity (Wildman–Crippen MR) is 80.4 cm³/mol. The van der Waals surface area contributed by atoms with E-state index in [1.807, 2.05) is 13.0 Å². The van der Waals surface area contributed by atoms with E-state index in [9.17, 15) is 9.59 Å². The molecule has 1 atom stereocenters. The zero-order valence-corrected chi connectivity index (χ0v) is 12.3. The fraction of sp³-hybridized carbons (Fsp3) is 0.500. The van der Waals surface area contributed by atoms with Crippen LogP contribution in [0.15, 0.2) is 24.3 Å². The number of hydrogen-bond donors (Lipinski definition) is 3. The topological polar surface area (TPSA) is 78.4 Å². The standard InChI is InChI=1S/C16H22N2O3/c1-16(8-2-3-9-18-16)15(21)17-10-7-12-5-4-6-13(11-12)14(19)20/h4-6,11,18H,2-3,7-10H2,1H3,(H,17,21)(H,19,20). The Labute approximate surface area is 124 Å². The van der Waals surface area contributed by atoms with Crippen LogP contribution in [0.25, 0.3) is 0 Å². The molecule has 0 saturated carbocycles. The molecule has 5 nitrogen and oxygen atoms in total. The summed E-state index contributed by atoms with van der Waals surface area (Å²) < 4.78 is 0. The lowest BCUT2D eigenvalue weighted by atomic mass is 9.90. The Morgan fingerprint density at radius 2 is 2.19 bits per heavy atom. The Morgan fingerprint density at radius 1 is 1.38 bits per heavy atom. The van der Waals surface area contributed by atoms with Gasteiger partial charge in [-0.1, -0.05) is 12.1 Å². The van der Waals surface area contributed by atoms with Gasteiger partial charge in [-0.3, -0.25) is 4.79 Å². The Morgan fingerprint density at radius 3 is 2.86 bits per heavy atom. The number of carbonyl (C=O) groups is 2. The van der Waals surface area contributed by atoms with Crippen LogP contribution in [-0.2, 0) is 11.2 Å². The molecule has 1 aliphatic rings. The second-order valence-electron chi connectivity index (χ2n) is 5.73. The first-order valence-corrected chi connectivity index (χ1v) is 7.37. The van der Waals surface area contributed by atoms with E-state index in [0.29, 0.717) is 13.0 Å². The van der Waals surface area contributed by atoms with Crippen LogP contribution in [0.5, 0.6) is 0 Å². The maximum absolute atomic E-state index is 12.2. The van der Waals surface area contributed by atoms with Gasteiger partial charge in [0.15, 0.2) is 0 Å². The van der Waals surface area contributed by atoms with Gasteiger partial charge >= 0.3 is 5.97 Å². The fourth-order valence-corrected chi connectivity index (χ4v) is 2.63. The number of carboxylic acids is 1. The Kier molecular flexibility index (Phi) is 4.96. The Bertz CT molecular complexity index is 522. The predicted octanol–water partition coefficient (Wildman–Crippen LogP) is 1.58. The quantitative estimate of drug-likeness (QED) is 0.769. The summed E-state index contributed by atoms with van der Waals surface area (Å²) in [6, 6.07) is 6.82. The van der Waals surface area contributed by atoms with Gasteiger partial charge in [-0.25, -0.2) is 4.79 Å². The molecule has 2 rings (SSSR count). The highest BCUT2D eigenvalue weighted by molar-refractivity contribution is 5.87. The van der Waals surface area contributed by atoms with E-state index in [-0.39, 0.29) is 11.5 Å². The molecule has 1 amide bonds. The molecule has 0 aromatic heterocycles. The molecule has 1 aromatic carbocycles. The molecule has 1 aromatic rings. The van der Waals surface area contributed by atoms with Crippen LogP contribution in [0.1, 0.15) is 42.1 Å². The number of piperidine rings is 1. The summed E-state index contributed by atoms with van der Waals surface area (Å²) in [5, 5.41) is 15.2. The molecule has 5 heteroatoms. The van der Waals surface area contributed by atoms with Gasteiger partial charge in [0.05, 0.1) is 11.1 Å². The number of carbonyl (C=O) groups excluding carboxylic acids is 1. The van der Waals surface area contributed by atoms with Crippen molar-refractivity contribution in [2.45, 2.75) is 38.1 Å². The second-order valence-corrected chi connectivity index (χ2v) is 5.73. The average molecular weight is 290 g/mol. The van der Waals surface area contributed by atoms with Crippen LogP contribution >= 0.6 is 0 Å². The van der Waals surface area contributed by atoms with Crippen LogP contribution in [0.4, 0.5) is 0 Å². The van der Waals surface area contributed by atoms with Crippen molar-refractivity contribution in [3.63, 3.8) is 0 Å². The summed E-state index contributed by atoms with van der Waals surface area (Å²) in [6.07, 6.45) is 3.67. The van der Waals surface area contributed by atoms with Crippen molar-refractivity contribution in [3.05, 3.63) is 35.4 Å². The first kappa shape index (κ1) is 15.5. The van der Waals surface area contributed by atoms with E-state index in [1.54, 1.807) is 18.2 Å². The first-order chi connectivity index (χ1) is 10.0. The molecule has 1 unspecified atom stereocenters. The van der Waals surface area contributed by atoms with Crippen LogP contribution in [-0.4, -0.2) is 35.6 Å². The molecule has 3 N–H and O–H groups in total. The van der Waals surface area contributed by atoms with Crippen LogP contribution < -0.4 is 10.6 Å². The van der Waals surface area contributed by atoms with Gasteiger partial charge in [0, 0.05) is 6.54 Å². The van der Waals surface area contributed by atoms with E-state index in [0.717, 1.165) is 31.4 Å². The molecule has 1 heterocycles. The molecule has 1 saturated heterocycles. The van der Waals surface area contributed by atoms with E-state index in [1.165, 1.54) is 0 Å². The molecule has 1 aliphatic heterocycles. The molecule has 0 aliphatic carbocycles. The Balaban J connectivity index is 1.85. The number of benzene rings is 1. The highest BCUT2D eigenvalue weighted by Gasteiger charge is 2.33. The van der Waals surface area contributed by atoms with Crippen LogP contribution in [0.3, 0.4) is 0 Å². The lowest BCUT2D eigenvalue weighted by molar-refractivity contribution is -0.127. The van der Waals surface area contributed by atoms with Crippen LogP contribution in [0, 0.1) is 0 Å². The monoisotopic (exact) mass is 290 g/mol. The van der Waals surface area contributed by atoms with E-state index < -0.39 is 11.5 Å². The summed E-state index contributed by atoms with van der Waals surface area (Å²) in [7, 11) is 0. The third kappa shape index (κ3) is 4.04. The number of rotatable bonds is 5. The molecule has 0 spiro atoms. The van der Waals surface area contributed by atoms with Crippen molar-refractivity contribution in [3.8, 4) is 0 Å². The van der Waals surface area contributed by atoms with Crippen LogP contribution in [0.2, 0.25) is 0 Å². The second kappa shape index (κ2) is 6.72. The summed E-state index contributed by atoms with van der Waals surface area (Å²) in [5.74, 6) is -0.906. The largest absolute Gasteiger partial charge is 0.478 e. The maximum Gasteiger partial charge on any atom is 0.335 e. The molecular weight excluding hydrogens is 268 g/mol. The number of aromatic carboxylic acids is 1. The summed E-state index contributed by atoms with van der Waals surface area (Å²) in [5.41, 5.74) is 0.720. The number of carboxylic acid groups (broad SMARTS) is 1. The highest BCUT2D eigenvalue weighted by atomic mass is 16.4. The third-order valence-electron chi connectivity index (χ3n) is 3.99. The summed E-state index contributed by atoms with van der Waals surface area (Å²) >= 11 is 0. The van der Waals surface area contributed by atoms with Crippen molar-refractivity contribution in [1.82, 2.24) is 10.6 Å². The molecule has 114 valence electrons. The van der Waals surface area contributed by atoms with Gasteiger partial charge in [0.2, 0.25) is 5.91 Å².